The lowest BCUT2D eigenvalue weighted by Gasteiger charge is -2.35. The summed E-state index contributed by atoms with van der Waals surface area (Å²) < 4.78 is 1.99. The third-order valence-electron chi connectivity index (χ3n) is 4.80. The van der Waals surface area contributed by atoms with E-state index in [1.54, 1.807) is 18.0 Å². The molecule has 134 valence electrons. The average Bonchev–Trinajstić information content (AvgIpc) is 3.11. The second-order valence-corrected chi connectivity index (χ2v) is 7.55. The van der Waals surface area contributed by atoms with Crippen molar-refractivity contribution in [3.8, 4) is 0 Å². The van der Waals surface area contributed by atoms with E-state index >= 15 is 0 Å². The Morgan fingerprint density at radius 2 is 2.12 bits per heavy atom. The van der Waals surface area contributed by atoms with Gasteiger partial charge in [0.2, 0.25) is 5.91 Å². The fourth-order valence-electron chi connectivity index (χ4n) is 3.42. The van der Waals surface area contributed by atoms with Crippen molar-refractivity contribution in [1.82, 2.24) is 19.8 Å². The van der Waals surface area contributed by atoms with Crippen molar-refractivity contribution in [1.29, 1.82) is 0 Å². The Kier molecular flexibility index (Phi) is 4.95. The number of aromatic nitrogens is 2. The minimum atomic E-state index is -0.00606. The summed E-state index contributed by atoms with van der Waals surface area (Å²) in [6.45, 7) is 2.29. The van der Waals surface area contributed by atoms with Crippen LogP contribution >= 0.6 is 11.8 Å². The summed E-state index contributed by atoms with van der Waals surface area (Å²) in [7, 11) is 1.98. The predicted octanol–water partition coefficient (Wildman–Crippen LogP) is 2.84. The standard InChI is InChI=1S/C20H22N4OS/c1-23-10-9-22-20(23)18-13-21-8-11-24(18)19(25)14-26-17-7-6-15-4-2-3-5-16(15)12-17/h2-7,9-10,12,18,21H,8,11,13-14H2,1H3. The maximum absolute atomic E-state index is 12.9. The van der Waals surface area contributed by atoms with E-state index in [0.717, 1.165) is 23.8 Å². The molecule has 1 saturated heterocycles. The fraction of sp³-hybridized carbons (Fsp3) is 0.300. The minimum absolute atomic E-state index is 0.00606. The number of amides is 1. The molecule has 1 unspecified atom stereocenters. The van der Waals surface area contributed by atoms with Crippen LogP contribution in [0.3, 0.4) is 0 Å². The van der Waals surface area contributed by atoms with Gasteiger partial charge < -0.3 is 14.8 Å². The molecule has 1 aliphatic heterocycles. The third-order valence-corrected chi connectivity index (χ3v) is 5.78. The summed E-state index contributed by atoms with van der Waals surface area (Å²) in [6.07, 6.45) is 3.72. The molecule has 2 aromatic carbocycles. The third kappa shape index (κ3) is 3.48. The number of carbonyl (C=O) groups is 1. The Labute approximate surface area is 157 Å². The minimum Gasteiger partial charge on any atom is -0.336 e. The zero-order chi connectivity index (χ0) is 17.9. The number of nitrogens with one attached hydrogen (secondary N) is 1. The lowest BCUT2D eigenvalue weighted by Crippen LogP contribution is -2.50. The number of piperazine rings is 1. The van der Waals surface area contributed by atoms with E-state index in [9.17, 15) is 4.79 Å². The van der Waals surface area contributed by atoms with Crippen LogP contribution in [0.1, 0.15) is 11.9 Å². The number of aryl methyl sites for hydroxylation is 1. The van der Waals surface area contributed by atoms with Crippen LogP contribution in [-0.4, -0.2) is 45.7 Å². The number of benzene rings is 2. The van der Waals surface area contributed by atoms with Gasteiger partial charge in [-0.2, -0.15) is 0 Å². The number of imidazole rings is 1. The summed E-state index contributed by atoms with van der Waals surface area (Å²) in [5.74, 6) is 1.54. The summed E-state index contributed by atoms with van der Waals surface area (Å²) in [5, 5.41) is 5.80. The fourth-order valence-corrected chi connectivity index (χ4v) is 4.25. The number of fused-ring (bicyclic) bond motifs is 1. The second kappa shape index (κ2) is 7.51. The van der Waals surface area contributed by atoms with Crippen molar-refractivity contribution in [3.05, 3.63) is 60.7 Å². The Morgan fingerprint density at radius 1 is 1.27 bits per heavy atom. The molecule has 6 heteroatoms. The molecular formula is C20H22N4OS. The molecule has 2 heterocycles. The molecular weight excluding hydrogens is 344 g/mol. The topological polar surface area (TPSA) is 50.2 Å². The van der Waals surface area contributed by atoms with Gasteiger partial charge in [0.25, 0.3) is 0 Å². The van der Waals surface area contributed by atoms with E-state index in [2.05, 4.69) is 40.6 Å². The molecule has 1 amide bonds. The van der Waals surface area contributed by atoms with Crippen molar-refractivity contribution in [2.24, 2.45) is 7.05 Å². The van der Waals surface area contributed by atoms with Crippen molar-refractivity contribution < 1.29 is 4.79 Å². The number of carbonyl (C=O) groups excluding carboxylic acids is 1. The van der Waals surface area contributed by atoms with Crippen LogP contribution in [0.4, 0.5) is 0 Å². The lowest BCUT2D eigenvalue weighted by atomic mass is 10.1. The maximum Gasteiger partial charge on any atom is 0.233 e. The van der Waals surface area contributed by atoms with E-state index in [0.29, 0.717) is 12.3 Å². The van der Waals surface area contributed by atoms with Crippen LogP contribution in [0.25, 0.3) is 10.8 Å². The summed E-state index contributed by atoms with van der Waals surface area (Å²) >= 11 is 1.60. The zero-order valence-electron chi connectivity index (χ0n) is 14.8. The number of hydrogen-bond donors (Lipinski definition) is 1. The van der Waals surface area contributed by atoms with Crippen molar-refractivity contribution >= 4 is 28.4 Å². The van der Waals surface area contributed by atoms with E-state index < -0.39 is 0 Å². The van der Waals surface area contributed by atoms with Gasteiger partial charge in [0.15, 0.2) is 0 Å². The Balaban J connectivity index is 1.46. The molecule has 0 radical (unpaired) electrons. The van der Waals surface area contributed by atoms with E-state index in [4.69, 9.17) is 0 Å². The van der Waals surface area contributed by atoms with Gasteiger partial charge in [-0.3, -0.25) is 4.79 Å². The number of nitrogens with zero attached hydrogens (tertiary/aromatic N) is 3. The molecule has 1 aromatic heterocycles. The van der Waals surface area contributed by atoms with E-state index in [1.807, 2.05) is 34.8 Å². The summed E-state index contributed by atoms with van der Waals surface area (Å²) in [6, 6.07) is 14.6. The number of rotatable bonds is 4. The zero-order valence-corrected chi connectivity index (χ0v) is 15.6. The molecule has 1 atom stereocenters. The first-order valence-electron chi connectivity index (χ1n) is 8.81. The van der Waals surface area contributed by atoms with E-state index in [-0.39, 0.29) is 11.9 Å². The van der Waals surface area contributed by atoms with Gasteiger partial charge in [-0.15, -0.1) is 11.8 Å². The predicted molar refractivity (Wildman–Crippen MR) is 105 cm³/mol. The first-order chi connectivity index (χ1) is 12.7. The second-order valence-electron chi connectivity index (χ2n) is 6.50. The van der Waals surface area contributed by atoms with Gasteiger partial charge in [-0.05, 0) is 22.9 Å². The monoisotopic (exact) mass is 366 g/mol. The van der Waals surface area contributed by atoms with Crippen molar-refractivity contribution in [2.75, 3.05) is 25.4 Å². The first kappa shape index (κ1) is 17.1. The van der Waals surface area contributed by atoms with Crippen LogP contribution in [0.2, 0.25) is 0 Å². The van der Waals surface area contributed by atoms with Crippen LogP contribution in [-0.2, 0) is 11.8 Å². The van der Waals surface area contributed by atoms with Crippen molar-refractivity contribution in [3.63, 3.8) is 0 Å². The Morgan fingerprint density at radius 3 is 2.92 bits per heavy atom. The highest BCUT2D eigenvalue weighted by Crippen LogP contribution is 2.26. The highest BCUT2D eigenvalue weighted by atomic mass is 32.2. The lowest BCUT2D eigenvalue weighted by molar-refractivity contribution is -0.131. The quantitative estimate of drug-likeness (QED) is 0.722. The first-order valence-corrected chi connectivity index (χ1v) is 9.80. The Bertz CT molecular complexity index is 923. The molecule has 1 aliphatic rings. The smallest absolute Gasteiger partial charge is 0.233 e. The van der Waals surface area contributed by atoms with Gasteiger partial charge in [0.05, 0.1) is 5.75 Å². The largest absolute Gasteiger partial charge is 0.336 e. The highest BCUT2D eigenvalue weighted by molar-refractivity contribution is 8.00. The molecule has 26 heavy (non-hydrogen) atoms. The van der Waals surface area contributed by atoms with Gasteiger partial charge >= 0.3 is 0 Å². The molecule has 0 spiro atoms. The summed E-state index contributed by atoms with van der Waals surface area (Å²) in [5.41, 5.74) is 0. The van der Waals surface area contributed by atoms with Crippen LogP contribution < -0.4 is 5.32 Å². The SMILES string of the molecule is Cn1ccnc1C1CNCCN1C(=O)CSc1ccc2ccccc2c1. The number of thioether (sulfide) groups is 1. The number of hydrogen-bond acceptors (Lipinski definition) is 4. The maximum atomic E-state index is 12.9. The van der Waals surface area contributed by atoms with Crippen LogP contribution in [0.5, 0.6) is 0 Å². The molecule has 1 fully saturated rings. The van der Waals surface area contributed by atoms with Crippen molar-refractivity contribution in [2.45, 2.75) is 10.9 Å². The van der Waals surface area contributed by atoms with Crippen LogP contribution in [0, 0.1) is 0 Å². The highest BCUT2D eigenvalue weighted by Gasteiger charge is 2.30. The molecule has 4 rings (SSSR count). The van der Waals surface area contributed by atoms with Gasteiger partial charge in [-0.25, -0.2) is 4.98 Å². The van der Waals surface area contributed by atoms with E-state index in [1.165, 1.54) is 10.8 Å². The molecule has 1 N–H and O–H groups in total. The molecule has 0 saturated carbocycles. The van der Waals surface area contributed by atoms with Crippen LogP contribution in [0.15, 0.2) is 59.8 Å². The molecule has 0 aliphatic carbocycles. The Hall–Kier alpha value is -2.31. The normalized spacial score (nSPS) is 17.6. The molecule has 3 aromatic rings. The molecule has 0 bridgehead atoms. The molecule has 5 nitrogen and oxygen atoms in total. The summed E-state index contributed by atoms with van der Waals surface area (Å²) in [4.78, 5) is 20.4. The van der Waals surface area contributed by atoms with Gasteiger partial charge in [-0.1, -0.05) is 30.3 Å². The van der Waals surface area contributed by atoms with Gasteiger partial charge in [0, 0.05) is 44.0 Å². The van der Waals surface area contributed by atoms with Gasteiger partial charge in [0.1, 0.15) is 11.9 Å². The average molecular weight is 366 g/mol.